The molecule has 0 aromatic heterocycles. The number of aliphatic hydroxyl groups is 1. The molecule has 0 aliphatic heterocycles. The molecular formula is C15H25NO3. The Labute approximate surface area is 115 Å². The molecule has 0 fully saturated rings. The zero-order chi connectivity index (χ0) is 14.3. The van der Waals surface area contributed by atoms with E-state index in [2.05, 4.69) is 12.2 Å². The molecule has 0 saturated heterocycles. The van der Waals surface area contributed by atoms with Crippen LogP contribution in [0.4, 0.5) is 0 Å². The van der Waals surface area contributed by atoms with E-state index in [0.29, 0.717) is 0 Å². The summed E-state index contributed by atoms with van der Waals surface area (Å²) in [7, 11) is 3.28. The maximum atomic E-state index is 9.20. The fraction of sp³-hybridized carbons (Fsp3) is 0.600. The monoisotopic (exact) mass is 267 g/mol. The van der Waals surface area contributed by atoms with Gasteiger partial charge in [0.05, 0.1) is 20.3 Å². The van der Waals surface area contributed by atoms with Gasteiger partial charge in [-0.25, -0.2) is 0 Å². The Hall–Kier alpha value is -1.26. The standard InChI is InChI=1S/C15H25NO3/c1-11(17)6-5-9-16-12(2)13-7-8-14(18-3)15(10-13)19-4/h7-8,10-12,16-17H,5-6,9H2,1-4H3. The fourth-order valence-corrected chi connectivity index (χ4v) is 1.96. The molecule has 0 spiro atoms. The van der Waals surface area contributed by atoms with E-state index >= 15 is 0 Å². The van der Waals surface area contributed by atoms with Gasteiger partial charge in [-0.2, -0.15) is 0 Å². The van der Waals surface area contributed by atoms with E-state index in [-0.39, 0.29) is 12.1 Å². The van der Waals surface area contributed by atoms with Gasteiger partial charge in [-0.1, -0.05) is 6.07 Å². The molecule has 19 heavy (non-hydrogen) atoms. The Morgan fingerprint density at radius 1 is 1.16 bits per heavy atom. The van der Waals surface area contributed by atoms with Crippen LogP contribution < -0.4 is 14.8 Å². The lowest BCUT2D eigenvalue weighted by Gasteiger charge is -2.16. The quantitative estimate of drug-likeness (QED) is 0.711. The maximum Gasteiger partial charge on any atom is 0.161 e. The van der Waals surface area contributed by atoms with Crippen LogP contribution in [0.15, 0.2) is 18.2 Å². The van der Waals surface area contributed by atoms with Crippen LogP contribution in [-0.2, 0) is 0 Å². The van der Waals surface area contributed by atoms with Gasteiger partial charge in [0, 0.05) is 6.04 Å². The molecule has 0 amide bonds. The molecule has 1 aromatic carbocycles. The number of nitrogens with one attached hydrogen (secondary N) is 1. The Bertz CT molecular complexity index is 380. The third-order valence-corrected chi connectivity index (χ3v) is 3.16. The lowest BCUT2D eigenvalue weighted by molar-refractivity contribution is 0.181. The van der Waals surface area contributed by atoms with Crippen molar-refractivity contribution >= 4 is 0 Å². The first kappa shape index (κ1) is 15.8. The minimum absolute atomic E-state index is 0.224. The number of hydrogen-bond donors (Lipinski definition) is 2. The fourth-order valence-electron chi connectivity index (χ4n) is 1.96. The van der Waals surface area contributed by atoms with Crippen LogP contribution in [0.5, 0.6) is 11.5 Å². The minimum Gasteiger partial charge on any atom is -0.493 e. The number of aliphatic hydroxyl groups excluding tert-OH is 1. The van der Waals surface area contributed by atoms with Crippen molar-refractivity contribution in [2.45, 2.75) is 38.8 Å². The van der Waals surface area contributed by atoms with Gasteiger partial charge in [0.2, 0.25) is 0 Å². The van der Waals surface area contributed by atoms with Gasteiger partial charge >= 0.3 is 0 Å². The molecule has 4 nitrogen and oxygen atoms in total. The normalized spacial score (nSPS) is 13.9. The highest BCUT2D eigenvalue weighted by atomic mass is 16.5. The summed E-state index contributed by atoms with van der Waals surface area (Å²) < 4.78 is 10.5. The second-order valence-corrected chi connectivity index (χ2v) is 4.78. The van der Waals surface area contributed by atoms with E-state index in [1.165, 1.54) is 0 Å². The van der Waals surface area contributed by atoms with E-state index in [1.807, 2.05) is 25.1 Å². The molecule has 2 atom stereocenters. The third-order valence-electron chi connectivity index (χ3n) is 3.16. The lowest BCUT2D eigenvalue weighted by atomic mass is 10.1. The Balaban J connectivity index is 2.54. The first-order valence-corrected chi connectivity index (χ1v) is 6.71. The maximum absolute atomic E-state index is 9.20. The zero-order valence-electron chi connectivity index (χ0n) is 12.3. The summed E-state index contributed by atoms with van der Waals surface area (Å²) in [6.45, 7) is 4.82. The molecule has 0 aliphatic carbocycles. The predicted molar refractivity (Wildman–Crippen MR) is 76.9 cm³/mol. The van der Waals surface area contributed by atoms with Crippen molar-refractivity contribution in [3.8, 4) is 11.5 Å². The first-order chi connectivity index (χ1) is 9.08. The minimum atomic E-state index is -0.224. The Morgan fingerprint density at radius 3 is 2.42 bits per heavy atom. The van der Waals surface area contributed by atoms with Crippen LogP contribution in [0.2, 0.25) is 0 Å². The van der Waals surface area contributed by atoms with Crippen molar-refractivity contribution in [2.75, 3.05) is 20.8 Å². The third kappa shape index (κ3) is 5.09. The molecule has 108 valence electrons. The summed E-state index contributed by atoms with van der Waals surface area (Å²) in [5.41, 5.74) is 1.16. The van der Waals surface area contributed by atoms with Crippen molar-refractivity contribution in [2.24, 2.45) is 0 Å². The highest BCUT2D eigenvalue weighted by molar-refractivity contribution is 5.43. The van der Waals surface area contributed by atoms with Crippen LogP contribution >= 0.6 is 0 Å². The molecule has 2 unspecified atom stereocenters. The van der Waals surface area contributed by atoms with E-state index in [9.17, 15) is 5.11 Å². The molecule has 0 saturated carbocycles. The molecular weight excluding hydrogens is 242 g/mol. The average Bonchev–Trinajstić information content (AvgIpc) is 2.42. The van der Waals surface area contributed by atoms with Gasteiger partial charge < -0.3 is 19.9 Å². The van der Waals surface area contributed by atoms with Crippen LogP contribution in [0.25, 0.3) is 0 Å². The van der Waals surface area contributed by atoms with Gasteiger partial charge in [-0.05, 0) is 50.9 Å². The molecule has 2 N–H and O–H groups in total. The van der Waals surface area contributed by atoms with Gasteiger partial charge in [0.25, 0.3) is 0 Å². The molecule has 1 rings (SSSR count). The van der Waals surface area contributed by atoms with Crippen LogP contribution in [0.3, 0.4) is 0 Å². The molecule has 4 heteroatoms. The summed E-state index contributed by atoms with van der Waals surface area (Å²) >= 11 is 0. The van der Waals surface area contributed by atoms with Crippen LogP contribution in [0.1, 0.15) is 38.3 Å². The van der Waals surface area contributed by atoms with E-state index in [0.717, 1.165) is 36.4 Å². The largest absolute Gasteiger partial charge is 0.493 e. The number of methoxy groups -OCH3 is 2. The summed E-state index contributed by atoms with van der Waals surface area (Å²) in [4.78, 5) is 0. The van der Waals surface area contributed by atoms with Gasteiger partial charge in [-0.3, -0.25) is 0 Å². The number of ether oxygens (including phenoxy) is 2. The zero-order valence-corrected chi connectivity index (χ0v) is 12.3. The molecule has 0 radical (unpaired) electrons. The van der Waals surface area contributed by atoms with Crippen molar-refractivity contribution in [1.29, 1.82) is 0 Å². The van der Waals surface area contributed by atoms with Gasteiger partial charge in [-0.15, -0.1) is 0 Å². The smallest absolute Gasteiger partial charge is 0.161 e. The molecule has 0 heterocycles. The number of hydrogen-bond acceptors (Lipinski definition) is 4. The van der Waals surface area contributed by atoms with Gasteiger partial charge in [0.1, 0.15) is 0 Å². The Kier molecular flexibility index (Phi) is 6.67. The second kappa shape index (κ2) is 8.02. The van der Waals surface area contributed by atoms with Gasteiger partial charge in [0.15, 0.2) is 11.5 Å². The summed E-state index contributed by atoms with van der Waals surface area (Å²) in [6.07, 6.45) is 1.57. The summed E-state index contributed by atoms with van der Waals surface area (Å²) in [6, 6.07) is 6.19. The van der Waals surface area contributed by atoms with Crippen molar-refractivity contribution in [3.05, 3.63) is 23.8 Å². The van der Waals surface area contributed by atoms with Crippen LogP contribution in [-0.4, -0.2) is 32.0 Å². The van der Waals surface area contributed by atoms with E-state index < -0.39 is 0 Å². The van der Waals surface area contributed by atoms with Crippen molar-refractivity contribution < 1.29 is 14.6 Å². The van der Waals surface area contributed by atoms with Crippen LogP contribution in [0, 0.1) is 0 Å². The SMILES string of the molecule is COc1ccc(C(C)NCCCC(C)O)cc1OC. The molecule has 0 aliphatic rings. The van der Waals surface area contributed by atoms with Crippen molar-refractivity contribution in [1.82, 2.24) is 5.32 Å². The highest BCUT2D eigenvalue weighted by Crippen LogP contribution is 2.29. The predicted octanol–water partition coefficient (Wildman–Crippen LogP) is 2.52. The summed E-state index contributed by atoms with van der Waals surface area (Å²) in [5.74, 6) is 1.49. The number of rotatable bonds is 8. The molecule has 1 aromatic rings. The second-order valence-electron chi connectivity index (χ2n) is 4.78. The average molecular weight is 267 g/mol. The lowest BCUT2D eigenvalue weighted by Crippen LogP contribution is -2.20. The number of benzene rings is 1. The van der Waals surface area contributed by atoms with Crippen molar-refractivity contribution in [3.63, 3.8) is 0 Å². The summed E-state index contributed by atoms with van der Waals surface area (Å²) in [5, 5.41) is 12.6. The topological polar surface area (TPSA) is 50.7 Å². The Morgan fingerprint density at radius 2 is 1.84 bits per heavy atom. The van der Waals surface area contributed by atoms with E-state index in [4.69, 9.17) is 9.47 Å². The highest BCUT2D eigenvalue weighted by Gasteiger charge is 2.09. The first-order valence-electron chi connectivity index (χ1n) is 6.71. The van der Waals surface area contributed by atoms with E-state index in [1.54, 1.807) is 14.2 Å². The molecule has 0 bridgehead atoms.